The number of hydrogen-bond donors (Lipinski definition) is 1. The van der Waals surface area contributed by atoms with Crippen molar-refractivity contribution in [3.8, 4) is 34.1 Å². The molecule has 8 nitrogen and oxygen atoms in total. The van der Waals surface area contributed by atoms with Gasteiger partial charge in [-0.2, -0.15) is 10.4 Å². The number of para-hydroxylation sites is 1. The maximum atomic E-state index is 12.4. The van der Waals surface area contributed by atoms with Gasteiger partial charge >= 0.3 is 0 Å². The number of hydrogen-bond acceptors (Lipinski definition) is 5. The normalized spacial score (nSPS) is 10.5. The van der Waals surface area contributed by atoms with Gasteiger partial charge in [0, 0.05) is 54.1 Å². The summed E-state index contributed by atoms with van der Waals surface area (Å²) >= 11 is 0. The van der Waals surface area contributed by atoms with Crippen molar-refractivity contribution < 1.29 is 4.79 Å². The van der Waals surface area contributed by atoms with Crippen molar-refractivity contribution in [2.75, 3.05) is 0 Å². The summed E-state index contributed by atoms with van der Waals surface area (Å²) in [6.45, 7) is 2.04. The molecule has 3 heterocycles. The standard InChI is InChI=1S/C24H20N6O2/c1-3-18-9-8-16(11-26-18)20-10-23(31)29(2)14-21(20)17-12-28-30(13-17)22-7-5-4-6-19(22)24(32)27-15-25/h4-14H,3H2,1-2H3,(H,27,32). The van der Waals surface area contributed by atoms with E-state index in [1.165, 1.54) is 4.57 Å². The van der Waals surface area contributed by atoms with E-state index in [-0.39, 0.29) is 5.56 Å². The first-order chi connectivity index (χ1) is 15.5. The highest BCUT2D eigenvalue weighted by Crippen LogP contribution is 2.31. The average molecular weight is 424 g/mol. The molecule has 1 aromatic carbocycles. The van der Waals surface area contributed by atoms with Crippen molar-refractivity contribution in [2.24, 2.45) is 7.05 Å². The van der Waals surface area contributed by atoms with Crippen molar-refractivity contribution in [3.05, 3.63) is 88.9 Å². The van der Waals surface area contributed by atoms with E-state index in [9.17, 15) is 9.59 Å². The third kappa shape index (κ3) is 3.91. The Morgan fingerprint density at radius 1 is 1.09 bits per heavy atom. The van der Waals surface area contributed by atoms with E-state index < -0.39 is 5.91 Å². The number of aromatic nitrogens is 4. The van der Waals surface area contributed by atoms with E-state index in [2.05, 4.69) is 15.4 Å². The van der Waals surface area contributed by atoms with Gasteiger partial charge in [0.1, 0.15) is 0 Å². The molecule has 0 saturated heterocycles. The van der Waals surface area contributed by atoms with E-state index in [1.54, 1.807) is 73.0 Å². The van der Waals surface area contributed by atoms with Crippen LogP contribution in [0.4, 0.5) is 0 Å². The lowest BCUT2D eigenvalue weighted by Gasteiger charge is -2.11. The number of carbonyl (C=O) groups is 1. The lowest BCUT2D eigenvalue weighted by molar-refractivity contribution is 0.0972. The lowest BCUT2D eigenvalue weighted by atomic mass is 9.99. The Hall–Kier alpha value is -4.51. The van der Waals surface area contributed by atoms with E-state index in [0.717, 1.165) is 34.4 Å². The fraction of sp³-hybridized carbons (Fsp3) is 0.125. The molecular formula is C24H20N6O2. The maximum Gasteiger partial charge on any atom is 0.266 e. The Balaban J connectivity index is 1.82. The van der Waals surface area contributed by atoms with Crippen molar-refractivity contribution >= 4 is 5.91 Å². The summed E-state index contributed by atoms with van der Waals surface area (Å²) in [7, 11) is 1.69. The van der Waals surface area contributed by atoms with Crippen LogP contribution in [0.1, 0.15) is 23.0 Å². The number of amides is 1. The minimum atomic E-state index is -0.509. The van der Waals surface area contributed by atoms with Gasteiger partial charge in [-0.1, -0.05) is 25.1 Å². The molecule has 1 N–H and O–H groups in total. The Kier molecular flexibility index (Phi) is 5.64. The molecule has 0 fully saturated rings. The molecule has 0 aliphatic heterocycles. The fourth-order valence-electron chi connectivity index (χ4n) is 3.47. The lowest BCUT2D eigenvalue weighted by Crippen LogP contribution is -2.19. The second-order valence-corrected chi connectivity index (χ2v) is 7.20. The van der Waals surface area contributed by atoms with E-state index in [4.69, 9.17) is 5.26 Å². The van der Waals surface area contributed by atoms with Crippen LogP contribution in [0, 0.1) is 11.5 Å². The van der Waals surface area contributed by atoms with Gasteiger partial charge in [-0.25, -0.2) is 4.68 Å². The van der Waals surface area contributed by atoms with Crippen molar-refractivity contribution in [3.63, 3.8) is 0 Å². The molecule has 0 saturated carbocycles. The molecular weight excluding hydrogens is 404 g/mol. The van der Waals surface area contributed by atoms with Gasteiger partial charge in [0.25, 0.3) is 11.5 Å². The Labute approximate surface area is 184 Å². The van der Waals surface area contributed by atoms with Crippen LogP contribution in [-0.4, -0.2) is 25.2 Å². The van der Waals surface area contributed by atoms with Gasteiger partial charge in [-0.3, -0.25) is 19.9 Å². The summed E-state index contributed by atoms with van der Waals surface area (Å²) in [5, 5.41) is 15.4. The molecule has 8 heteroatoms. The summed E-state index contributed by atoms with van der Waals surface area (Å²) in [5.41, 5.74) is 4.85. The monoisotopic (exact) mass is 424 g/mol. The van der Waals surface area contributed by atoms with Crippen LogP contribution in [-0.2, 0) is 13.5 Å². The second kappa shape index (κ2) is 8.70. The molecule has 0 bridgehead atoms. The van der Waals surface area contributed by atoms with Crippen LogP contribution < -0.4 is 10.9 Å². The van der Waals surface area contributed by atoms with Gasteiger partial charge in [0.05, 0.1) is 17.4 Å². The van der Waals surface area contributed by atoms with E-state index in [1.807, 2.05) is 19.1 Å². The topological polar surface area (TPSA) is 106 Å². The first-order valence-corrected chi connectivity index (χ1v) is 10.0. The largest absolute Gasteiger partial charge is 0.318 e. The van der Waals surface area contributed by atoms with Crippen LogP contribution in [0.2, 0.25) is 0 Å². The van der Waals surface area contributed by atoms with Crippen LogP contribution >= 0.6 is 0 Å². The molecule has 0 spiro atoms. The Morgan fingerprint density at radius 2 is 1.91 bits per heavy atom. The summed E-state index contributed by atoms with van der Waals surface area (Å²) in [6.07, 6.45) is 9.48. The second-order valence-electron chi connectivity index (χ2n) is 7.20. The molecule has 0 aliphatic carbocycles. The Morgan fingerprint density at radius 3 is 2.62 bits per heavy atom. The number of nitrogens with one attached hydrogen (secondary N) is 1. The highest BCUT2D eigenvalue weighted by atomic mass is 16.1. The van der Waals surface area contributed by atoms with Gasteiger partial charge < -0.3 is 4.57 Å². The third-order valence-electron chi connectivity index (χ3n) is 5.18. The molecule has 158 valence electrons. The zero-order valence-electron chi connectivity index (χ0n) is 17.6. The minimum absolute atomic E-state index is 0.130. The van der Waals surface area contributed by atoms with Crippen LogP contribution in [0.3, 0.4) is 0 Å². The molecule has 3 aromatic heterocycles. The van der Waals surface area contributed by atoms with Gasteiger partial charge in [0.15, 0.2) is 6.19 Å². The highest BCUT2D eigenvalue weighted by Gasteiger charge is 2.16. The summed E-state index contributed by atoms with van der Waals surface area (Å²) in [4.78, 5) is 29.1. The molecule has 1 amide bonds. The zero-order valence-corrected chi connectivity index (χ0v) is 17.6. The highest BCUT2D eigenvalue weighted by molar-refractivity contribution is 5.98. The van der Waals surface area contributed by atoms with Gasteiger partial charge in [0.2, 0.25) is 0 Å². The predicted molar refractivity (Wildman–Crippen MR) is 120 cm³/mol. The number of rotatable bonds is 5. The van der Waals surface area contributed by atoms with E-state index >= 15 is 0 Å². The van der Waals surface area contributed by atoms with Gasteiger partial charge in [-0.15, -0.1) is 0 Å². The number of nitriles is 1. The number of pyridine rings is 2. The van der Waals surface area contributed by atoms with Crippen molar-refractivity contribution in [1.29, 1.82) is 5.26 Å². The molecule has 0 aliphatic rings. The van der Waals surface area contributed by atoms with Crippen molar-refractivity contribution in [2.45, 2.75) is 13.3 Å². The number of carbonyl (C=O) groups excluding carboxylic acids is 1. The SMILES string of the molecule is CCc1ccc(-c2cc(=O)n(C)cc2-c2cnn(-c3ccccc3C(=O)NC#N)c2)cn1. The molecule has 4 aromatic rings. The third-order valence-corrected chi connectivity index (χ3v) is 5.18. The minimum Gasteiger partial charge on any atom is -0.318 e. The molecule has 0 atom stereocenters. The maximum absolute atomic E-state index is 12.4. The fourth-order valence-corrected chi connectivity index (χ4v) is 3.47. The number of aryl methyl sites for hydroxylation is 2. The first-order valence-electron chi connectivity index (χ1n) is 10.0. The van der Waals surface area contributed by atoms with Crippen LogP contribution in [0.25, 0.3) is 27.9 Å². The van der Waals surface area contributed by atoms with Crippen LogP contribution in [0.5, 0.6) is 0 Å². The summed E-state index contributed by atoms with van der Waals surface area (Å²) < 4.78 is 3.09. The number of benzene rings is 1. The summed E-state index contributed by atoms with van der Waals surface area (Å²) in [6, 6.07) is 12.4. The first kappa shape index (κ1) is 20.8. The molecule has 0 unspecified atom stereocenters. The predicted octanol–water partition coefficient (Wildman–Crippen LogP) is 3.07. The van der Waals surface area contributed by atoms with Crippen molar-refractivity contribution in [1.82, 2.24) is 24.6 Å². The average Bonchev–Trinajstić information content (AvgIpc) is 3.31. The number of nitrogens with zero attached hydrogens (tertiary/aromatic N) is 5. The van der Waals surface area contributed by atoms with Gasteiger partial charge in [-0.05, 0) is 30.2 Å². The smallest absolute Gasteiger partial charge is 0.266 e. The molecule has 0 radical (unpaired) electrons. The molecule has 32 heavy (non-hydrogen) atoms. The zero-order chi connectivity index (χ0) is 22.7. The van der Waals surface area contributed by atoms with E-state index in [0.29, 0.717) is 11.3 Å². The molecule has 4 rings (SSSR count). The summed E-state index contributed by atoms with van der Waals surface area (Å²) in [5.74, 6) is -0.509. The quantitative estimate of drug-likeness (QED) is 0.391. The van der Waals surface area contributed by atoms with Crippen LogP contribution in [0.15, 0.2) is 72.0 Å². The Bertz CT molecular complexity index is 1390.